The van der Waals surface area contributed by atoms with E-state index >= 15 is 0 Å². The zero-order chi connectivity index (χ0) is 22.1. The molecule has 170 valence electrons. The zero-order valence-electron chi connectivity index (χ0n) is 18.4. The van der Waals surface area contributed by atoms with Gasteiger partial charge in [-0.1, -0.05) is 38.3 Å². The molecule has 6 atom stereocenters. The fourth-order valence-corrected chi connectivity index (χ4v) is 5.02. The maximum atomic E-state index is 12.3. The van der Waals surface area contributed by atoms with Crippen molar-refractivity contribution < 1.29 is 29.3 Å². The van der Waals surface area contributed by atoms with E-state index in [1.807, 2.05) is 0 Å². The van der Waals surface area contributed by atoms with E-state index in [1.54, 1.807) is 12.2 Å². The Bertz CT molecular complexity index is 613. The second-order valence-corrected chi connectivity index (χ2v) is 9.05. The van der Waals surface area contributed by atoms with Crippen LogP contribution in [0.1, 0.15) is 77.6 Å². The predicted octanol–water partition coefficient (Wildman–Crippen LogP) is 3.38. The minimum atomic E-state index is -0.797. The van der Waals surface area contributed by atoms with Crippen molar-refractivity contribution in [3.8, 4) is 0 Å². The Kier molecular flexibility index (Phi) is 10.2. The van der Waals surface area contributed by atoms with E-state index in [2.05, 4.69) is 11.7 Å². The summed E-state index contributed by atoms with van der Waals surface area (Å²) in [5.41, 5.74) is 0. The van der Waals surface area contributed by atoms with Gasteiger partial charge in [0.2, 0.25) is 0 Å². The van der Waals surface area contributed by atoms with Gasteiger partial charge in [0, 0.05) is 37.5 Å². The van der Waals surface area contributed by atoms with E-state index in [0.717, 1.165) is 25.7 Å². The molecule has 0 bridgehead atoms. The van der Waals surface area contributed by atoms with Crippen LogP contribution in [0, 0.1) is 23.7 Å². The molecule has 30 heavy (non-hydrogen) atoms. The molecule has 2 aliphatic rings. The normalized spacial score (nSPS) is 30.1. The highest BCUT2D eigenvalue weighted by Gasteiger charge is 2.41. The fourth-order valence-electron chi connectivity index (χ4n) is 5.02. The number of aliphatic hydroxyl groups excluding tert-OH is 2. The van der Waals surface area contributed by atoms with Crippen LogP contribution in [0.4, 0.5) is 0 Å². The Balaban J connectivity index is 1.84. The topological polar surface area (TPSA) is 101 Å². The highest BCUT2D eigenvalue weighted by Crippen LogP contribution is 2.37. The third-order valence-corrected chi connectivity index (χ3v) is 6.79. The number of carbonyl (C=O) groups excluding carboxylic acids is 3. The smallest absolute Gasteiger partial charge is 0.305 e. The maximum Gasteiger partial charge on any atom is 0.305 e. The fraction of sp³-hybridized carbons (Fsp3) is 0.792. The first-order chi connectivity index (χ1) is 14.3. The summed E-state index contributed by atoms with van der Waals surface area (Å²) >= 11 is 0. The SMILES string of the molecule is CCCC1CCC([C@H](O)/C=C/[C@H]2[C@H](O)CC(=O)[C@@H]2CC(=O)CCCCC(=O)OC)C1. The van der Waals surface area contributed by atoms with Crippen molar-refractivity contribution in [2.24, 2.45) is 23.7 Å². The Hall–Kier alpha value is -1.53. The quantitative estimate of drug-likeness (QED) is 0.284. The Morgan fingerprint density at radius 1 is 1.23 bits per heavy atom. The van der Waals surface area contributed by atoms with Crippen molar-refractivity contribution in [3.05, 3.63) is 12.2 Å². The van der Waals surface area contributed by atoms with Crippen LogP contribution in [0.15, 0.2) is 12.2 Å². The van der Waals surface area contributed by atoms with Gasteiger partial charge in [0.05, 0.1) is 19.3 Å². The van der Waals surface area contributed by atoms with Gasteiger partial charge in [0.25, 0.3) is 0 Å². The first-order valence-electron chi connectivity index (χ1n) is 11.5. The number of esters is 1. The molecule has 2 unspecified atom stereocenters. The van der Waals surface area contributed by atoms with Gasteiger partial charge in [-0.15, -0.1) is 0 Å². The van der Waals surface area contributed by atoms with Crippen LogP contribution in [0.2, 0.25) is 0 Å². The van der Waals surface area contributed by atoms with Gasteiger partial charge >= 0.3 is 5.97 Å². The molecule has 0 aliphatic heterocycles. The van der Waals surface area contributed by atoms with Gasteiger partial charge in [-0.25, -0.2) is 0 Å². The third-order valence-electron chi connectivity index (χ3n) is 6.79. The van der Waals surface area contributed by atoms with Crippen molar-refractivity contribution in [2.75, 3.05) is 7.11 Å². The summed E-state index contributed by atoms with van der Waals surface area (Å²) in [7, 11) is 1.34. The highest BCUT2D eigenvalue weighted by atomic mass is 16.5. The number of ether oxygens (including phenoxy) is 1. The maximum absolute atomic E-state index is 12.3. The van der Waals surface area contributed by atoms with Crippen LogP contribution in [0.5, 0.6) is 0 Å². The van der Waals surface area contributed by atoms with Gasteiger partial charge in [0.1, 0.15) is 11.6 Å². The Labute approximate surface area is 180 Å². The lowest BCUT2D eigenvalue weighted by atomic mass is 9.87. The average molecular weight is 423 g/mol. The van der Waals surface area contributed by atoms with Crippen molar-refractivity contribution in [1.82, 2.24) is 0 Å². The second-order valence-electron chi connectivity index (χ2n) is 9.05. The molecule has 6 heteroatoms. The molecule has 2 rings (SSSR count). The summed E-state index contributed by atoms with van der Waals surface area (Å²) in [6.07, 6.45) is 9.63. The van der Waals surface area contributed by atoms with Gasteiger partial charge in [-0.2, -0.15) is 0 Å². The van der Waals surface area contributed by atoms with Gasteiger partial charge < -0.3 is 14.9 Å². The minimum absolute atomic E-state index is 0.0236. The molecule has 0 radical (unpaired) electrons. The number of ketones is 2. The molecule has 0 spiro atoms. The number of carbonyl (C=O) groups is 3. The largest absolute Gasteiger partial charge is 0.469 e. The monoisotopic (exact) mass is 422 g/mol. The van der Waals surface area contributed by atoms with E-state index in [-0.39, 0.29) is 42.7 Å². The van der Waals surface area contributed by atoms with E-state index in [1.165, 1.54) is 13.5 Å². The van der Waals surface area contributed by atoms with Crippen molar-refractivity contribution in [3.63, 3.8) is 0 Å². The van der Waals surface area contributed by atoms with E-state index < -0.39 is 24.0 Å². The lowest BCUT2D eigenvalue weighted by molar-refractivity contribution is -0.140. The molecular weight excluding hydrogens is 384 g/mol. The summed E-state index contributed by atoms with van der Waals surface area (Å²) in [4.78, 5) is 35.8. The molecule has 0 amide bonds. The van der Waals surface area contributed by atoms with Crippen LogP contribution in [0.3, 0.4) is 0 Å². The molecule has 0 aromatic rings. The summed E-state index contributed by atoms with van der Waals surface area (Å²) in [6, 6.07) is 0. The molecule has 0 aromatic heterocycles. The summed E-state index contributed by atoms with van der Waals surface area (Å²) in [5.74, 6) is -0.411. The lowest BCUT2D eigenvalue weighted by Gasteiger charge is -2.19. The average Bonchev–Trinajstić information content (AvgIpc) is 3.28. The number of aliphatic hydroxyl groups is 2. The Morgan fingerprint density at radius 2 is 1.97 bits per heavy atom. The van der Waals surface area contributed by atoms with Crippen LogP contribution >= 0.6 is 0 Å². The van der Waals surface area contributed by atoms with Crippen molar-refractivity contribution in [2.45, 2.75) is 89.8 Å². The second kappa shape index (κ2) is 12.4. The number of unbranched alkanes of at least 4 members (excludes halogenated alkanes) is 1. The van der Waals surface area contributed by atoms with Crippen molar-refractivity contribution >= 4 is 17.5 Å². The molecule has 2 N–H and O–H groups in total. The number of hydrogen-bond donors (Lipinski definition) is 2. The van der Waals surface area contributed by atoms with Crippen LogP contribution in [-0.2, 0) is 19.1 Å². The predicted molar refractivity (Wildman–Crippen MR) is 114 cm³/mol. The van der Waals surface area contributed by atoms with Gasteiger partial charge in [-0.3, -0.25) is 14.4 Å². The van der Waals surface area contributed by atoms with Crippen molar-refractivity contribution in [1.29, 1.82) is 0 Å². The van der Waals surface area contributed by atoms with Gasteiger partial charge in [-0.05, 0) is 37.5 Å². The lowest BCUT2D eigenvalue weighted by Crippen LogP contribution is -2.23. The minimum Gasteiger partial charge on any atom is -0.469 e. The molecule has 0 heterocycles. The summed E-state index contributed by atoms with van der Waals surface area (Å²) in [5, 5.41) is 20.9. The molecule has 2 saturated carbocycles. The molecule has 2 fully saturated rings. The van der Waals surface area contributed by atoms with Gasteiger partial charge in [0.15, 0.2) is 0 Å². The molecular formula is C24H38O6. The van der Waals surface area contributed by atoms with Crippen LogP contribution in [0.25, 0.3) is 0 Å². The summed E-state index contributed by atoms with van der Waals surface area (Å²) in [6.45, 7) is 2.18. The highest BCUT2D eigenvalue weighted by molar-refractivity contribution is 5.90. The molecule has 6 nitrogen and oxygen atoms in total. The molecule has 2 aliphatic carbocycles. The Morgan fingerprint density at radius 3 is 2.67 bits per heavy atom. The molecule has 0 saturated heterocycles. The van der Waals surface area contributed by atoms with E-state index in [4.69, 9.17) is 0 Å². The van der Waals surface area contributed by atoms with E-state index in [0.29, 0.717) is 25.2 Å². The number of Topliss-reactive ketones (excluding diaryl/α,β-unsaturated/α-hetero) is 2. The molecule has 0 aromatic carbocycles. The number of rotatable bonds is 12. The standard InChI is InChI=1S/C24H38O6/c1-3-6-16-9-10-17(13-16)21(26)12-11-19-20(23(28)15-22(19)27)14-18(25)7-4-5-8-24(29)30-2/h11-12,16-17,19-22,26-27H,3-10,13-15H2,1-2H3/b12-11+/t16?,17?,19-,20-,21-,22-/m1/s1. The van der Waals surface area contributed by atoms with Crippen LogP contribution in [-0.4, -0.2) is 47.1 Å². The summed E-state index contributed by atoms with van der Waals surface area (Å²) < 4.78 is 4.58. The van der Waals surface area contributed by atoms with E-state index in [9.17, 15) is 24.6 Å². The zero-order valence-corrected chi connectivity index (χ0v) is 18.4. The first-order valence-corrected chi connectivity index (χ1v) is 11.5. The number of methoxy groups -OCH3 is 1. The van der Waals surface area contributed by atoms with Crippen LogP contribution < -0.4 is 0 Å². The first kappa shape index (κ1) is 24.7. The third kappa shape index (κ3) is 7.31. The number of hydrogen-bond acceptors (Lipinski definition) is 6.